The largest absolute Gasteiger partial charge is 0.389 e. The van der Waals surface area contributed by atoms with Crippen molar-refractivity contribution in [2.24, 2.45) is 5.92 Å². The number of anilines is 2. The van der Waals surface area contributed by atoms with Gasteiger partial charge in [0, 0.05) is 54.6 Å². The van der Waals surface area contributed by atoms with Crippen molar-refractivity contribution < 1.29 is 18.0 Å². The van der Waals surface area contributed by atoms with Crippen LogP contribution in [0.4, 0.5) is 24.5 Å². The highest BCUT2D eigenvalue weighted by atomic mass is 19.4. The number of hydrogen-bond donors (Lipinski definition) is 0. The summed E-state index contributed by atoms with van der Waals surface area (Å²) >= 11 is 0. The highest BCUT2D eigenvalue weighted by Crippen LogP contribution is 2.42. The van der Waals surface area contributed by atoms with E-state index in [0.717, 1.165) is 60.3 Å². The maximum atomic E-state index is 13.0. The van der Waals surface area contributed by atoms with Crippen LogP contribution in [0, 0.1) is 5.92 Å². The van der Waals surface area contributed by atoms with Crippen LogP contribution in [0.1, 0.15) is 43.5 Å². The van der Waals surface area contributed by atoms with Gasteiger partial charge in [0.05, 0.1) is 5.69 Å². The fraction of sp³-hybridized carbons (Fsp3) is 0.542. The summed E-state index contributed by atoms with van der Waals surface area (Å²) in [5.41, 5.74) is 2.85. The van der Waals surface area contributed by atoms with Crippen molar-refractivity contribution in [3.8, 4) is 0 Å². The minimum Gasteiger partial charge on any atom is -0.370 e. The van der Waals surface area contributed by atoms with Crippen molar-refractivity contribution in [2.75, 3.05) is 49.1 Å². The number of carbonyl (C=O) groups is 1. The molecule has 4 nitrogen and oxygen atoms in total. The van der Waals surface area contributed by atoms with Crippen LogP contribution in [0.15, 0.2) is 30.3 Å². The molecule has 1 saturated heterocycles. The molecule has 0 N–H and O–H groups in total. The van der Waals surface area contributed by atoms with Crippen molar-refractivity contribution in [3.05, 3.63) is 35.9 Å². The van der Waals surface area contributed by atoms with E-state index in [-0.39, 0.29) is 12.3 Å². The number of alkyl halides is 3. The molecule has 168 valence electrons. The van der Waals surface area contributed by atoms with Crippen LogP contribution >= 0.6 is 0 Å². The molecular weight excluding hydrogens is 403 g/mol. The Balaban J connectivity index is 1.54. The number of carbonyl (C=O) groups excluding carboxylic acids is 1. The van der Waals surface area contributed by atoms with E-state index in [2.05, 4.69) is 41.8 Å². The van der Waals surface area contributed by atoms with Gasteiger partial charge in [-0.15, -0.1) is 0 Å². The number of nitrogens with zero attached hydrogens (tertiary/aromatic N) is 3. The lowest BCUT2D eigenvalue weighted by molar-refractivity contribution is -0.136. The van der Waals surface area contributed by atoms with Crippen molar-refractivity contribution in [1.82, 2.24) is 4.90 Å². The normalized spacial score (nSPS) is 17.8. The summed E-state index contributed by atoms with van der Waals surface area (Å²) in [4.78, 5) is 19.3. The Morgan fingerprint density at radius 3 is 2.52 bits per heavy atom. The number of halogens is 3. The maximum absolute atomic E-state index is 13.0. The van der Waals surface area contributed by atoms with Crippen LogP contribution < -0.4 is 9.80 Å². The zero-order valence-corrected chi connectivity index (χ0v) is 18.2. The van der Waals surface area contributed by atoms with Crippen LogP contribution in [-0.4, -0.2) is 56.3 Å². The Morgan fingerprint density at radius 1 is 1.00 bits per heavy atom. The summed E-state index contributed by atoms with van der Waals surface area (Å²) in [5, 5.41) is 2.11. The molecule has 0 bridgehead atoms. The van der Waals surface area contributed by atoms with Gasteiger partial charge >= 0.3 is 6.18 Å². The van der Waals surface area contributed by atoms with Crippen molar-refractivity contribution >= 4 is 28.1 Å². The molecule has 0 saturated carbocycles. The highest BCUT2D eigenvalue weighted by Gasteiger charge is 2.31. The summed E-state index contributed by atoms with van der Waals surface area (Å²) in [7, 11) is 0. The standard InChI is InChI=1S/C24H30F3N3O/c1-17(2)16-30-21-9-8-20(18-6-3-7-19(22(18)21)23(30)31)29-13-5-12-28(14-15-29)11-4-10-24(25,26)27/h3,6-9,17H,4-5,10-16H2,1-2H3. The van der Waals surface area contributed by atoms with E-state index in [4.69, 9.17) is 0 Å². The molecule has 2 aliphatic rings. The molecule has 2 aromatic carbocycles. The lowest BCUT2D eigenvalue weighted by Gasteiger charge is -2.26. The quantitative estimate of drug-likeness (QED) is 0.618. The van der Waals surface area contributed by atoms with Gasteiger partial charge in [0.15, 0.2) is 0 Å². The van der Waals surface area contributed by atoms with E-state index in [1.165, 1.54) is 0 Å². The van der Waals surface area contributed by atoms with Gasteiger partial charge < -0.3 is 14.7 Å². The molecule has 0 spiro atoms. The van der Waals surface area contributed by atoms with Gasteiger partial charge in [0.1, 0.15) is 0 Å². The predicted octanol–water partition coefficient (Wildman–Crippen LogP) is 5.31. The van der Waals surface area contributed by atoms with Crippen molar-refractivity contribution in [2.45, 2.75) is 39.3 Å². The molecule has 1 amide bonds. The molecular formula is C24H30F3N3O. The van der Waals surface area contributed by atoms with E-state index in [1.54, 1.807) is 0 Å². The Hall–Kier alpha value is -2.28. The molecule has 0 radical (unpaired) electrons. The topological polar surface area (TPSA) is 26.8 Å². The molecule has 0 unspecified atom stereocenters. The van der Waals surface area contributed by atoms with E-state index in [0.29, 0.717) is 19.0 Å². The Labute approximate surface area is 181 Å². The van der Waals surface area contributed by atoms with Gasteiger partial charge in [-0.3, -0.25) is 4.79 Å². The van der Waals surface area contributed by atoms with Crippen LogP contribution in [0.5, 0.6) is 0 Å². The van der Waals surface area contributed by atoms with E-state index < -0.39 is 12.6 Å². The van der Waals surface area contributed by atoms with Gasteiger partial charge in [-0.05, 0) is 50.0 Å². The molecule has 7 heteroatoms. The highest BCUT2D eigenvalue weighted by molar-refractivity contribution is 6.26. The first-order valence-corrected chi connectivity index (χ1v) is 11.2. The lowest BCUT2D eigenvalue weighted by Crippen LogP contribution is -2.32. The van der Waals surface area contributed by atoms with E-state index in [1.807, 2.05) is 17.0 Å². The Kier molecular flexibility index (Phi) is 6.15. The molecule has 1 fully saturated rings. The van der Waals surface area contributed by atoms with E-state index in [9.17, 15) is 18.0 Å². The zero-order chi connectivity index (χ0) is 22.2. The molecule has 2 aromatic rings. The second kappa shape index (κ2) is 8.69. The smallest absolute Gasteiger partial charge is 0.370 e. The van der Waals surface area contributed by atoms with Crippen molar-refractivity contribution in [3.63, 3.8) is 0 Å². The van der Waals surface area contributed by atoms with Gasteiger partial charge in [0.2, 0.25) is 0 Å². The predicted molar refractivity (Wildman–Crippen MR) is 119 cm³/mol. The summed E-state index contributed by atoms with van der Waals surface area (Å²) in [6, 6.07) is 10.1. The van der Waals surface area contributed by atoms with Gasteiger partial charge in [-0.1, -0.05) is 26.0 Å². The fourth-order valence-electron chi connectivity index (χ4n) is 4.79. The first kappa shape index (κ1) is 21.9. The Morgan fingerprint density at radius 2 is 1.77 bits per heavy atom. The summed E-state index contributed by atoms with van der Waals surface area (Å²) in [6.07, 6.45) is -3.74. The van der Waals surface area contributed by atoms with Gasteiger partial charge in [-0.2, -0.15) is 13.2 Å². The monoisotopic (exact) mass is 433 g/mol. The van der Waals surface area contributed by atoms with Gasteiger partial charge in [-0.25, -0.2) is 0 Å². The number of amides is 1. The summed E-state index contributed by atoms with van der Waals surface area (Å²) < 4.78 is 37.4. The summed E-state index contributed by atoms with van der Waals surface area (Å²) in [6.45, 7) is 8.59. The van der Waals surface area contributed by atoms with Crippen LogP contribution in [0.25, 0.3) is 10.8 Å². The zero-order valence-electron chi connectivity index (χ0n) is 18.2. The number of rotatable bonds is 6. The molecule has 0 aliphatic carbocycles. The third-order valence-electron chi connectivity index (χ3n) is 6.17. The first-order valence-electron chi connectivity index (χ1n) is 11.2. The third kappa shape index (κ3) is 4.66. The number of hydrogen-bond acceptors (Lipinski definition) is 3. The first-order chi connectivity index (χ1) is 14.7. The molecule has 2 aliphatic heterocycles. The lowest BCUT2D eigenvalue weighted by atomic mass is 10.0. The minimum absolute atomic E-state index is 0.0677. The third-order valence-corrected chi connectivity index (χ3v) is 6.17. The SMILES string of the molecule is CC(C)CN1C(=O)c2cccc3c(N4CCCN(CCCC(F)(F)F)CC4)ccc1c23. The van der Waals surface area contributed by atoms with Crippen LogP contribution in [0.3, 0.4) is 0 Å². The molecule has 4 rings (SSSR count). The molecule has 2 heterocycles. The average Bonchev–Trinajstić information content (AvgIpc) is 2.85. The van der Waals surface area contributed by atoms with Crippen LogP contribution in [0.2, 0.25) is 0 Å². The molecule has 0 aromatic heterocycles. The van der Waals surface area contributed by atoms with E-state index >= 15 is 0 Å². The molecule has 0 atom stereocenters. The second-order valence-corrected chi connectivity index (χ2v) is 9.04. The maximum Gasteiger partial charge on any atom is 0.389 e. The fourth-order valence-corrected chi connectivity index (χ4v) is 4.79. The molecule has 31 heavy (non-hydrogen) atoms. The Bertz CT molecular complexity index is 957. The van der Waals surface area contributed by atoms with Crippen LogP contribution in [-0.2, 0) is 0 Å². The van der Waals surface area contributed by atoms with Crippen molar-refractivity contribution in [1.29, 1.82) is 0 Å². The second-order valence-electron chi connectivity index (χ2n) is 9.04. The van der Waals surface area contributed by atoms with Gasteiger partial charge in [0.25, 0.3) is 5.91 Å². The average molecular weight is 434 g/mol. The minimum atomic E-state index is -4.08. The summed E-state index contributed by atoms with van der Waals surface area (Å²) in [5.74, 6) is 0.445. The number of benzene rings is 2.